The average Bonchev–Trinajstić information content (AvgIpc) is 1.88. The highest BCUT2D eigenvalue weighted by Gasteiger charge is 1.69. The lowest BCUT2D eigenvalue weighted by Gasteiger charge is -1.80. The first-order chi connectivity index (χ1) is 5.06. The minimum Gasteiger partial charge on any atom is -0.397 e. The first-order valence-corrected chi connectivity index (χ1v) is 4.35. The molecule has 0 aromatic heterocycles. The Balaban J connectivity index is -0.0000000886. The van der Waals surface area contributed by atoms with Gasteiger partial charge >= 0.3 is 0 Å². The molecule has 0 aromatic carbocycles. The summed E-state index contributed by atoms with van der Waals surface area (Å²) in [4.78, 5) is 0. The average molecular weight is 164 g/mol. The van der Waals surface area contributed by atoms with Crippen molar-refractivity contribution in [3.8, 4) is 0 Å². The smallest absolute Gasteiger partial charge is 0.0483 e. The molecule has 0 fully saturated rings. The van der Waals surface area contributed by atoms with Gasteiger partial charge in [0.25, 0.3) is 0 Å². The lowest BCUT2D eigenvalue weighted by atomic mass is 10.4. The Morgan fingerprint density at radius 1 is 1.00 bits per heavy atom. The van der Waals surface area contributed by atoms with E-state index in [9.17, 15) is 0 Å². The van der Waals surface area contributed by atoms with Crippen molar-refractivity contribution in [3.05, 3.63) is 0 Å². The zero-order valence-electron chi connectivity index (χ0n) is 8.59. The molecular formula is C9H24O2. The van der Waals surface area contributed by atoms with E-state index >= 15 is 0 Å². The molecule has 0 amide bonds. The molecule has 11 heavy (non-hydrogen) atoms. The van der Waals surface area contributed by atoms with Gasteiger partial charge in [0.15, 0.2) is 0 Å². The van der Waals surface area contributed by atoms with Gasteiger partial charge in [-0.25, -0.2) is 0 Å². The Hall–Kier alpha value is -0.0800. The van der Waals surface area contributed by atoms with E-state index in [-0.39, 0.29) is 12.7 Å². The molecule has 0 rings (SSSR count). The molecule has 0 saturated carbocycles. The van der Waals surface area contributed by atoms with Crippen molar-refractivity contribution in [3.63, 3.8) is 0 Å². The van der Waals surface area contributed by atoms with Gasteiger partial charge in [0, 0.05) is 12.7 Å². The topological polar surface area (TPSA) is 40.5 Å². The minimum absolute atomic E-state index is 0.167. The molecule has 0 radical (unpaired) electrons. The molecule has 0 heterocycles. The third-order valence-electron chi connectivity index (χ3n) is 0.500. The largest absolute Gasteiger partial charge is 0.397 e. The van der Waals surface area contributed by atoms with Crippen molar-refractivity contribution >= 4 is 0 Å². The van der Waals surface area contributed by atoms with Crippen LogP contribution in [0.1, 0.15) is 47.5 Å². The van der Waals surface area contributed by atoms with Gasteiger partial charge in [-0.1, -0.05) is 26.7 Å². The number of aliphatic hydroxyl groups is 2. The van der Waals surface area contributed by atoms with Crippen molar-refractivity contribution in [2.45, 2.75) is 53.6 Å². The summed E-state index contributed by atoms with van der Waals surface area (Å²) in [5.41, 5.74) is 0. The Kier molecular flexibility index (Phi) is 35.1. The highest BCUT2D eigenvalue weighted by molar-refractivity contribution is 4.20. The molecule has 0 aliphatic heterocycles. The second kappa shape index (κ2) is 22.5. The van der Waals surface area contributed by atoms with Gasteiger partial charge < -0.3 is 10.2 Å². The van der Waals surface area contributed by atoms with Crippen LogP contribution in [0, 0.1) is 0 Å². The Morgan fingerprint density at radius 3 is 1.09 bits per heavy atom. The van der Waals surface area contributed by atoms with Crippen LogP contribution in [0.4, 0.5) is 0 Å². The van der Waals surface area contributed by atoms with Gasteiger partial charge in [-0.15, -0.1) is 0 Å². The summed E-state index contributed by atoms with van der Waals surface area (Å²) < 4.78 is 0. The first-order valence-electron chi connectivity index (χ1n) is 4.35. The second-order valence-corrected chi connectivity index (χ2v) is 2.41. The van der Waals surface area contributed by atoms with E-state index in [1.54, 1.807) is 20.8 Å². The molecule has 0 unspecified atom stereocenters. The lowest BCUT2D eigenvalue weighted by molar-refractivity contribution is 0.216. The van der Waals surface area contributed by atoms with Crippen LogP contribution in [0.25, 0.3) is 0 Å². The van der Waals surface area contributed by atoms with Crippen molar-refractivity contribution in [1.82, 2.24) is 0 Å². The monoisotopic (exact) mass is 164 g/mol. The van der Waals surface area contributed by atoms with Crippen LogP contribution in [0.15, 0.2) is 0 Å². The normalized spacial score (nSPS) is 7.64. The predicted octanol–water partition coefficient (Wildman–Crippen LogP) is 2.19. The molecule has 0 aliphatic rings. The maximum Gasteiger partial charge on any atom is 0.0483 e. The minimum atomic E-state index is -0.167. The second-order valence-electron chi connectivity index (χ2n) is 2.41. The molecule has 2 heteroatoms. The first kappa shape index (κ1) is 17.1. The summed E-state index contributed by atoms with van der Waals surface area (Å²) in [5, 5.41) is 15.6. The summed E-state index contributed by atoms with van der Waals surface area (Å²) >= 11 is 0. The molecule has 0 bridgehead atoms. The van der Waals surface area contributed by atoms with Crippen molar-refractivity contribution in [2.24, 2.45) is 0 Å². The fourth-order valence-corrected chi connectivity index (χ4v) is 0. The van der Waals surface area contributed by atoms with Crippen LogP contribution in [-0.4, -0.2) is 22.9 Å². The van der Waals surface area contributed by atoms with E-state index in [4.69, 9.17) is 10.2 Å². The number of hydrogen-bond donors (Lipinski definition) is 2. The third kappa shape index (κ3) is 735. The molecule has 72 valence electrons. The summed E-state index contributed by atoms with van der Waals surface area (Å²) in [5.74, 6) is 0. The fourth-order valence-electron chi connectivity index (χ4n) is 0. The highest BCUT2D eigenvalue weighted by atomic mass is 16.3. The van der Waals surface area contributed by atoms with E-state index in [2.05, 4.69) is 13.8 Å². The summed E-state index contributed by atoms with van der Waals surface area (Å²) in [7, 11) is 0. The predicted molar refractivity (Wildman–Crippen MR) is 50.7 cm³/mol. The SMILES string of the molecule is CC(C)O.CCCC.CCO. The van der Waals surface area contributed by atoms with Crippen LogP contribution in [-0.2, 0) is 0 Å². The van der Waals surface area contributed by atoms with Gasteiger partial charge in [-0.2, -0.15) is 0 Å². The molecule has 0 atom stereocenters. The highest BCUT2D eigenvalue weighted by Crippen LogP contribution is 1.76. The van der Waals surface area contributed by atoms with E-state index in [1.807, 2.05) is 0 Å². The molecular weight excluding hydrogens is 140 g/mol. The molecule has 2 nitrogen and oxygen atoms in total. The summed E-state index contributed by atoms with van der Waals surface area (Å²) in [6, 6.07) is 0. The standard InChI is InChI=1S/C4H10.C3H8O.C2H6O/c1-3-4-2;1-3(2)4;1-2-3/h3-4H2,1-2H3;3-4H,1-2H3;3H,2H2,1H3. The van der Waals surface area contributed by atoms with Crippen LogP contribution in [0.3, 0.4) is 0 Å². The number of hydrogen-bond acceptors (Lipinski definition) is 2. The summed E-state index contributed by atoms with van der Waals surface area (Å²) in [6.45, 7) is 9.74. The molecule has 2 N–H and O–H groups in total. The number of unbranched alkanes of at least 4 members (excludes halogenated alkanes) is 1. The van der Waals surface area contributed by atoms with Crippen molar-refractivity contribution < 1.29 is 10.2 Å². The quantitative estimate of drug-likeness (QED) is 0.623. The van der Waals surface area contributed by atoms with Gasteiger partial charge in [0.2, 0.25) is 0 Å². The van der Waals surface area contributed by atoms with E-state index in [1.165, 1.54) is 12.8 Å². The maximum absolute atomic E-state index is 8.06. The van der Waals surface area contributed by atoms with Gasteiger partial charge in [0.05, 0.1) is 0 Å². The third-order valence-corrected chi connectivity index (χ3v) is 0.500. The Morgan fingerprint density at radius 2 is 1.09 bits per heavy atom. The number of rotatable bonds is 1. The van der Waals surface area contributed by atoms with E-state index < -0.39 is 0 Å². The molecule has 0 aromatic rings. The number of aliphatic hydroxyl groups excluding tert-OH is 2. The van der Waals surface area contributed by atoms with Gasteiger partial charge in [0.1, 0.15) is 0 Å². The van der Waals surface area contributed by atoms with E-state index in [0.29, 0.717) is 0 Å². The van der Waals surface area contributed by atoms with E-state index in [0.717, 1.165) is 0 Å². The van der Waals surface area contributed by atoms with Crippen LogP contribution in [0.2, 0.25) is 0 Å². The lowest BCUT2D eigenvalue weighted by Crippen LogP contribution is -1.85. The summed E-state index contributed by atoms with van der Waals surface area (Å²) in [6.07, 6.45) is 2.47. The zero-order valence-corrected chi connectivity index (χ0v) is 8.59. The van der Waals surface area contributed by atoms with Crippen LogP contribution in [0.5, 0.6) is 0 Å². The molecule has 0 saturated heterocycles. The molecule has 0 spiro atoms. The van der Waals surface area contributed by atoms with Gasteiger partial charge in [-0.3, -0.25) is 0 Å². The van der Waals surface area contributed by atoms with Crippen molar-refractivity contribution in [1.29, 1.82) is 0 Å². The Bertz CT molecular complexity index is 31.8. The zero-order chi connectivity index (χ0) is 9.70. The van der Waals surface area contributed by atoms with Crippen LogP contribution >= 0.6 is 0 Å². The van der Waals surface area contributed by atoms with Gasteiger partial charge in [-0.05, 0) is 20.8 Å². The molecule has 0 aliphatic carbocycles. The van der Waals surface area contributed by atoms with Crippen LogP contribution < -0.4 is 0 Å². The Labute approximate surface area is 71.3 Å². The fraction of sp³-hybridized carbons (Fsp3) is 1.00. The maximum atomic E-state index is 8.06. The van der Waals surface area contributed by atoms with Crippen molar-refractivity contribution in [2.75, 3.05) is 6.61 Å².